The second kappa shape index (κ2) is 6.97. The van der Waals surface area contributed by atoms with Gasteiger partial charge in [-0.1, -0.05) is 0 Å². The Morgan fingerprint density at radius 1 is 1.50 bits per heavy atom. The summed E-state index contributed by atoms with van der Waals surface area (Å²) in [6.07, 6.45) is 1.65. The molecule has 0 aliphatic rings. The maximum absolute atomic E-state index is 11.6. The monoisotopic (exact) mass is 226 g/mol. The largest absolute Gasteiger partial charge is 0.383 e. The van der Waals surface area contributed by atoms with E-state index in [4.69, 9.17) is 4.74 Å². The summed E-state index contributed by atoms with van der Waals surface area (Å²) in [5.74, 6) is 0. The number of nitrogens with one attached hydrogen (secondary N) is 2. The van der Waals surface area contributed by atoms with Crippen LogP contribution in [0.15, 0.2) is 17.1 Å². The number of hydrogen-bond acceptors (Lipinski definition) is 5. The molecule has 0 amide bonds. The van der Waals surface area contributed by atoms with Crippen molar-refractivity contribution < 1.29 is 4.74 Å². The maximum Gasteiger partial charge on any atom is 0.268 e. The molecule has 1 rings (SSSR count). The molecule has 1 heterocycles. The van der Waals surface area contributed by atoms with E-state index in [1.807, 2.05) is 7.05 Å². The highest BCUT2D eigenvalue weighted by molar-refractivity contribution is 5.38. The van der Waals surface area contributed by atoms with Gasteiger partial charge in [0.25, 0.3) is 5.56 Å². The van der Waals surface area contributed by atoms with Crippen molar-refractivity contribution in [1.82, 2.24) is 15.1 Å². The number of likely N-dealkylation sites (N-methyl/N-ethyl adjacent to an activating group) is 1. The van der Waals surface area contributed by atoms with Crippen molar-refractivity contribution in [1.29, 1.82) is 0 Å². The van der Waals surface area contributed by atoms with Crippen molar-refractivity contribution >= 4 is 5.69 Å². The zero-order valence-electron chi connectivity index (χ0n) is 9.69. The molecule has 0 fully saturated rings. The Hall–Kier alpha value is -1.40. The van der Waals surface area contributed by atoms with Crippen LogP contribution in [0.5, 0.6) is 0 Å². The van der Waals surface area contributed by atoms with Gasteiger partial charge in [-0.2, -0.15) is 5.10 Å². The molecule has 6 heteroatoms. The van der Waals surface area contributed by atoms with Gasteiger partial charge in [-0.25, -0.2) is 4.68 Å². The summed E-state index contributed by atoms with van der Waals surface area (Å²) in [5.41, 5.74) is 0.625. The van der Waals surface area contributed by atoms with Crippen molar-refractivity contribution in [2.75, 3.05) is 39.2 Å². The molecule has 1 aromatic rings. The van der Waals surface area contributed by atoms with Crippen LogP contribution >= 0.6 is 0 Å². The first-order chi connectivity index (χ1) is 7.77. The third-order valence-corrected chi connectivity index (χ3v) is 2.08. The first-order valence-electron chi connectivity index (χ1n) is 5.22. The molecule has 0 radical (unpaired) electrons. The zero-order valence-corrected chi connectivity index (χ0v) is 9.69. The number of aromatic nitrogens is 2. The molecule has 0 spiro atoms. The van der Waals surface area contributed by atoms with Crippen molar-refractivity contribution in [2.24, 2.45) is 0 Å². The van der Waals surface area contributed by atoms with E-state index in [0.29, 0.717) is 13.2 Å². The highest BCUT2D eigenvalue weighted by atomic mass is 16.5. The van der Waals surface area contributed by atoms with Crippen LogP contribution in [0.25, 0.3) is 0 Å². The quantitative estimate of drug-likeness (QED) is 0.615. The number of rotatable bonds is 7. The average molecular weight is 226 g/mol. The Morgan fingerprint density at radius 3 is 2.94 bits per heavy atom. The lowest BCUT2D eigenvalue weighted by atomic mass is 10.4. The Balaban J connectivity index is 2.56. The molecule has 0 aromatic carbocycles. The number of methoxy groups -OCH3 is 1. The van der Waals surface area contributed by atoms with Gasteiger partial charge in [0.15, 0.2) is 0 Å². The molecule has 0 saturated heterocycles. The van der Waals surface area contributed by atoms with Gasteiger partial charge in [0.05, 0.1) is 25.0 Å². The van der Waals surface area contributed by atoms with E-state index in [2.05, 4.69) is 15.7 Å². The van der Waals surface area contributed by atoms with Crippen molar-refractivity contribution in [3.8, 4) is 0 Å². The molecule has 16 heavy (non-hydrogen) atoms. The van der Waals surface area contributed by atoms with Crippen molar-refractivity contribution in [3.63, 3.8) is 0 Å². The molecule has 0 aliphatic heterocycles. The lowest BCUT2D eigenvalue weighted by Crippen LogP contribution is -2.25. The minimum absolute atomic E-state index is 0.119. The van der Waals surface area contributed by atoms with Crippen LogP contribution in [0.1, 0.15) is 0 Å². The SMILES string of the molecule is CNCCNc1cnn(CCOC)c(=O)c1. The summed E-state index contributed by atoms with van der Waals surface area (Å²) >= 11 is 0. The Morgan fingerprint density at radius 2 is 2.31 bits per heavy atom. The van der Waals surface area contributed by atoms with Crippen molar-refractivity contribution in [3.05, 3.63) is 22.6 Å². The Bertz CT molecular complexity index is 364. The third kappa shape index (κ3) is 4.00. The van der Waals surface area contributed by atoms with E-state index in [0.717, 1.165) is 18.8 Å². The minimum atomic E-state index is -0.119. The van der Waals surface area contributed by atoms with Crippen LogP contribution < -0.4 is 16.2 Å². The first-order valence-corrected chi connectivity index (χ1v) is 5.22. The predicted molar refractivity (Wildman–Crippen MR) is 62.8 cm³/mol. The molecule has 90 valence electrons. The lowest BCUT2D eigenvalue weighted by Gasteiger charge is -2.07. The zero-order chi connectivity index (χ0) is 11.8. The summed E-state index contributed by atoms with van der Waals surface area (Å²) < 4.78 is 6.27. The molecule has 1 aromatic heterocycles. The molecule has 0 aliphatic carbocycles. The third-order valence-electron chi connectivity index (χ3n) is 2.08. The summed E-state index contributed by atoms with van der Waals surface area (Å²) in [6, 6.07) is 1.54. The normalized spacial score (nSPS) is 10.4. The van der Waals surface area contributed by atoms with Crippen molar-refractivity contribution in [2.45, 2.75) is 6.54 Å². The summed E-state index contributed by atoms with van der Waals surface area (Å²) in [4.78, 5) is 11.6. The molecular weight excluding hydrogens is 208 g/mol. The molecule has 2 N–H and O–H groups in total. The van der Waals surface area contributed by atoms with Gasteiger partial charge in [0, 0.05) is 26.3 Å². The van der Waals surface area contributed by atoms with Gasteiger partial charge in [-0.15, -0.1) is 0 Å². The Labute approximate surface area is 94.6 Å². The smallest absolute Gasteiger partial charge is 0.268 e. The molecule has 0 unspecified atom stereocenters. The van der Waals surface area contributed by atoms with E-state index in [9.17, 15) is 4.79 Å². The molecule has 0 saturated carbocycles. The highest BCUT2D eigenvalue weighted by Crippen LogP contribution is 1.97. The van der Waals surface area contributed by atoms with E-state index in [-0.39, 0.29) is 5.56 Å². The van der Waals surface area contributed by atoms with Crippen LogP contribution in [-0.2, 0) is 11.3 Å². The fourth-order valence-electron chi connectivity index (χ4n) is 1.21. The number of anilines is 1. The van der Waals surface area contributed by atoms with Crippen LogP contribution in [0.3, 0.4) is 0 Å². The van der Waals surface area contributed by atoms with Gasteiger partial charge in [0.1, 0.15) is 0 Å². The van der Waals surface area contributed by atoms with E-state index >= 15 is 0 Å². The van der Waals surface area contributed by atoms with Crippen LogP contribution in [0, 0.1) is 0 Å². The van der Waals surface area contributed by atoms with Crippen LogP contribution in [-0.4, -0.2) is 43.6 Å². The molecular formula is C10H18N4O2. The van der Waals surface area contributed by atoms with E-state index in [1.165, 1.54) is 4.68 Å². The molecule has 0 bridgehead atoms. The summed E-state index contributed by atoms with van der Waals surface area (Å²) in [5, 5.41) is 10.1. The van der Waals surface area contributed by atoms with Crippen LogP contribution in [0.2, 0.25) is 0 Å². The number of ether oxygens (including phenoxy) is 1. The number of nitrogens with zero attached hydrogens (tertiary/aromatic N) is 2. The van der Waals surface area contributed by atoms with E-state index < -0.39 is 0 Å². The first kappa shape index (κ1) is 12.7. The molecule has 6 nitrogen and oxygen atoms in total. The van der Waals surface area contributed by atoms with Crippen LogP contribution in [0.4, 0.5) is 5.69 Å². The minimum Gasteiger partial charge on any atom is -0.383 e. The Kier molecular flexibility index (Phi) is 5.52. The van der Waals surface area contributed by atoms with Gasteiger partial charge < -0.3 is 15.4 Å². The van der Waals surface area contributed by atoms with Gasteiger partial charge >= 0.3 is 0 Å². The van der Waals surface area contributed by atoms with E-state index in [1.54, 1.807) is 19.4 Å². The average Bonchev–Trinajstić information content (AvgIpc) is 2.28. The second-order valence-electron chi connectivity index (χ2n) is 3.33. The standard InChI is InChI=1S/C10H18N4O2/c1-11-3-4-12-9-7-10(15)14(13-8-9)5-6-16-2/h7-8,11-12H,3-6H2,1-2H3. The van der Waals surface area contributed by atoms with Gasteiger partial charge in [-0.05, 0) is 7.05 Å². The number of hydrogen-bond donors (Lipinski definition) is 2. The van der Waals surface area contributed by atoms with Gasteiger partial charge in [-0.3, -0.25) is 4.79 Å². The second-order valence-corrected chi connectivity index (χ2v) is 3.33. The fourth-order valence-corrected chi connectivity index (χ4v) is 1.21. The summed E-state index contributed by atoms with van der Waals surface area (Å²) in [7, 11) is 3.47. The maximum atomic E-state index is 11.6. The van der Waals surface area contributed by atoms with Gasteiger partial charge in [0.2, 0.25) is 0 Å². The fraction of sp³-hybridized carbons (Fsp3) is 0.600. The lowest BCUT2D eigenvalue weighted by molar-refractivity contribution is 0.182. The topological polar surface area (TPSA) is 68.2 Å². The predicted octanol–water partition coefficient (Wildman–Crippen LogP) is -0.479. The highest BCUT2D eigenvalue weighted by Gasteiger charge is 1.99. The molecule has 0 atom stereocenters. The summed E-state index contributed by atoms with van der Waals surface area (Å²) in [6.45, 7) is 2.57.